The molecule has 1 fully saturated rings. The van der Waals surface area contributed by atoms with Crippen molar-refractivity contribution in [1.82, 2.24) is 15.5 Å². The van der Waals surface area contributed by atoms with Crippen molar-refractivity contribution in [2.75, 3.05) is 13.7 Å². The number of methoxy groups -OCH3 is 1. The van der Waals surface area contributed by atoms with E-state index in [0.29, 0.717) is 18.4 Å². The van der Waals surface area contributed by atoms with Crippen molar-refractivity contribution >= 4 is 17.8 Å². The first kappa shape index (κ1) is 21.5. The fourth-order valence-electron chi connectivity index (χ4n) is 4.15. The van der Waals surface area contributed by atoms with Gasteiger partial charge in [-0.1, -0.05) is 30.3 Å². The number of carbonyl (C=O) groups is 3. The van der Waals surface area contributed by atoms with Crippen LogP contribution in [0.1, 0.15) is 23.1 Å². The van der Waals surface area contributed by atoms with E-state index in [-0.39, 0.29) is 18.0 Å². The van der Waals surface area contributed by atoms with Crippen LogP contribution >= 0.6 is 0 Å². The van der Waals surface area contributed by atoms with Gasteiger partial charge in [-0.25, -0.2) is 4.79 Å². The minimum absolute atomic E-state index is 0.0434. The van der Waals surface area contributed by atoms with Gasteiger partial charge in [0.25, 0.3) is 5.91 Å². The molecular formula is C22H21F2N3O5. The van der Waals surface area contributed by atoms with Crippen LogP contribution in [0.2, 0.25) is 0 Å². The van der Waals surface area contributed by atoms with Gasteiger partial charge in [-0.2, -0.15) is 8.78 Å². The van der Waals surface area contributed by atoms with Gasteiger partial charge >= 0.3 is 12.6 Å². The fraction of sp³-hybridized carbons (Fsp3) is 0.318. The van der Waals surface area contributed by atoms with Gasteiger partial charge in [0.15, 0.2) is 11.5 Å². The highest BCUT2D eigenvalue weighted by atomic mass is 19.3. The molecule has 32 heavy (non-hydrogen) atoms. The molecule has 1 saturated heterocycles. The Morgan fingerprint density at radius 1 is 1.22 bits per heavy atom. The Labute approximate surface area is 182 Å². The number of hydrogen-bond donors (Lipinski definition) is 2. The number of fused-ring (bicyclic) bond motifs is 2. The van der Waals surface area contributed by atoms with Gasteiger partial charge in [-0.3, -0.25) is 14.5 Å². The Kier molecular flexibility index (Phi) is 5.68. The number of rotatable bonds is 7. The number of amides is 4. The number of halogens is 2. The number of aryl methyl sites for hydroxylation is 1. The number of nitrogens with zero attached hydrogens (tertiary/aromatic N) is 1. The number of nitrogens with one attached hydrogen (secondary N) is 2. The zero-order chi connectivity index (χ0) is 22.9. The first-order valence-electron chi connectivity index (χ1n) is 9.95. The zero-order valence-electron chi connectivity index (χ0n) is 17.2. The van der Waals surface area contributed by atoms with Crippen molar-refractivity contribution < 1.29 is 32.6 Å². The number of hydrogen-bond acceptors (Lipinski definition) is 5. The molecule has 2 N–H and O–H groups in total. The lowest BCUT2D eigenvalue weighted by atomic mass is 9.92. The van der Waals surface area contributed by atoms with Crippen LogP contribution in [0.4, 0.5) is 13.6 Å². The third kappa shape index (κ3) is 3.83. The molecule has 168 valence electrons. The molecule has 4 amide bonds. The average molecular weight is 445 g/mol. The lowest BCUT2D eigenvalue weighted by Crippen LogP contribution is -2.43. The molecule has 1 atom stereocenters. The largest absolute Gasteiger partial charge is 0.493 e. The molecule has 1 spiro atoms. The topological polar surface area (TPSA) is 97.0 Å². The average Bonchev–Trinajstić information content (AvgIpc) is 3.26. The first-order chi connectivity index (χ1) is 15.3. The molecule has 0 bridgehead atoms. The second kappa shape index (κ2) is 8.45. The standard InChI is InChI=1S/C22H21F2N3O5/c1-31-17-10-13(6-7-16(17)32-20(23)24)11-25-18(28)12-27-19(29)22(26-21(27)30)9-8-14-4-2-3-5-15(14)22/h2-7,10,20H,8-9,11-12H2,1H3,(H,25,28)(H,26,30). The quantitative estimate of drug-likeness (QED) is 0.638. The van der Waals surface area contributed by atoms with Gasteiger partial charge in [0.2, 0.25) is 5.91 Å². The molecule has 8 nitrogen and oxygen atoms in total. The molecule has 1 aliphatic heterocycles. The monoisotopic (exact) mass is 445 g/mol. The summed E-state index contributed by atoms with van der Waals surface area (Å²) < 4.78 is 34.3. The lowest BCUT2D eigenvalue weighted by molar-refractivity contribution is -0.135. The van der Waals surface area contributed by atoms with Gasteiger partial charge < -0.3 is 20.1 Å². The van der Waals surface area contributed by atoms with Gasteiger partial charge in [-0.05, 0) is 41.7 Å². The van der Waals surface area contributed by atoms with Crippen LogP contribution in [-0.2, 0) is 28.1 Å². The van der Waals surface area contributed by atoms with Gasteiger partial charge in [0.05, 0.1) is 7.11 Å². The lowest BCUT2D eigenvalue weighted by Gasteiger charge is -2.22. The van der Waals surface area contributed by atoms with E-state index in [2.05, 4.69) is 15.4 Å². The van der Waals surface area contributed by atoms with Crippen molar-refractivity contribution in [3.05, 3.63) is 59.2 Å². The first-order valence-corrected chi connectivity index (χ1v) is 9.95. The van der Waals surface area contributed by atoms with E-state index < -0.39 is 36.5 Å². The highest BCUT2D eigenvalue weighted by Crippen LogP contribution is 2.41. The highest BCUT2D eigenvalue weighted by molar-refractivity contribution is 6.09. The zero-order valence-corrected chi connectivity index (χ0v) is 17.2. The highest BCUT2D eigenvalue weighted by Gasteiger charge is 2.55. The Morgan fingerprint density at radius 3 is 2.75 bits per heavy atom. The van der Waals surface area contributed by atoms with Gasteiger partial charge in [0, 0.05) is 6.54 Å². The number of urea groups is 1. The van der Waals surface area contributed by atoms with Crippen LogP contribution < -0.4 is 20.1 Å². The molecule has 2 aliphatic rings. The SMILES string of the molecule is COc1cc(CNC(=O)CN2C(=O)NC3(CCc4ccccc43)C2=O)ccc1OC(F)F. The van der Waals surface area contributed by atoms with E-state index in [9.17, 15) is 23.2 Å². The summed E-state index contributed by atoms with van der Waals surface area (Å²) in [6.07, 6.45) is 1.11. The maximum Gasteiger partial charge on any atom is 0.387 e. The second-order valence-corrected chi connectivity index (χ2v) is 7.52. The van der Waals surface area contributed by atoms with Crippen LogP contribution in [0.3, 0.4) is 0 Å². The summed E-state index contributed by atoms with van der Waals surface area (Å²) in [4.78, 5) is 38.9. The summed E-state index contributed by atoms with van der Waals surface area (Å²) >= 11 is 0. The van der Waals surface area contributed by atoms with E-state index in [4.69, 9.17) is 4.74 Å². The number of ether oxygens (including phenoxy) is 2. The Balaban J connectivity index is 1.40. The normalized spacial score (nSPS) is 19.3. The van der Waals surface area contributed by atoms with Crippen molar-refractivity contribution in [2.24, 2.45) is 0 Å². The third-order valence-corrected chi connectivity index (χ3v) is 5.66. The van der Waals surface area contributed by atoms with Crippen molar-refractivity contribution in [3.8, 4) is 11.5 Å². The Hall–Kier alpha value is -3.69. The number of imide groups is 1. The molecule has 0 saturated carbocycles. The Bertz CT molecular complexity index is 1080. The van der Waals surface area contributed by atoms with Crippen molar-refractivity contribution in [3.63, 3.8) is 0 Å². The molecule has 0 radical (unpaired) electrons. The fourth-order valence-corrected chi connectivity index (χ4v) is 4.15. The minimum atomic E-state index is -2.99. The minimum Gasteiger partial charge on any atom is -0.493 e. The Morgan fingerprint density at radius 2 is 2.00 bits per heavy atom. The van der Waals surface area contributed by atoms with Crippen LogP contribution in [0, 0.1) is 0 Å². The summed E-state index contributed by atoms with van der Waals surface area (Å²) in [5, 5.41) is 5.39. The molecule has 2 aromatic rings. The summed E-state index contributed by atoms with van der Waals surface area (Å²) in [5.74, 6) is -1.02. The number of alkyl halides is 2. The summed E-state index contributed by atoms with van der Waals surface area (Å²) in [6, 6.07) is 11.1. The van der Waals surface area contributed by atoms with Crippen molar-refractivity contribution in [2.45, 2.75) is 31.5 Å². The summed E-state index contributed by atoms with van der Waals surface area (Å²) in [6.45, 7) is -3.38. The number of benzene rings is 2. The van der Waals surface area contributed by atoms with E-state index >= 15 is 0 Å². The summed E-state index contributed by atoms with van der Waals surface area (Å²) in [7, 11) is 1.31. The van der Waals surface area contributed by atoms with Crippen LogP contribution in [0.25, 0.3) is 0 Å². The van der Waals surface area contributed by atoms with Crippen molar-refractivity contribution in [1.29, 1.82) is 0 Å². The van der Waals surface area contributed by atoms with E-state index in [1.54, 1.807) is 0 Å². The van der Waals surface area contributed by atoms with E-state index in [0.717, 1.165) is 16.0 Å². The molecule has 0 aromatic heterocycles. The van der Waals surface area contributed by atoms with Gasteiger partial charge in [0.1, 0.15) is 12.1 Å². The van der Waals surface area contributed by atoms with E-state index in [1.807, 2.05) is 24.3 Å². The molecule has 4 rings (SSSR count). The van der Waals surface area contributed by atoms with Crippen LogP contribution in [0.5, 0.6) is 11.5 Å². The molecule has 1 unspecified atom stereocenters. The number of carbonyl (C=O) groups excluding carboxylic acids is 3. The van der Waals surface area contributed by atoms with Crippen LogP contribution in [-0.4, -0.2) is 43.0 Å². The maximum atomic E-state index is 13.1. The summed E-state index contributed by atoms with van der Waals surface area (Å²) in [5.41, 5.74) is 1.21. The molecule has 1 heterocycles. The van der Waals surface area contributed by atoms with Gasteiger partial charge in [-0.15, -0.1) is 0 Å². The maximum absolute atomic E-state index is 13.1. The smallest absolute Gasteiger partial charge is 0.387 e. The predicted octanol–water partition coefficient (Wildman–Crippen LogP) is 2.31. The molecule has 10 heteroatoms. The molecular weight excluding hydrogens is 424 g/mol. The predicted molar refractivity (Wildman–Crippen MR) is 108 cm³/mol. The molecule has 1 aliphatic carbocycles. The molecule has 2 aromatic carbocycles. The van der Waals surface area contributed by atoms with E-state index in [1.165, 1.54) is 25.3 Å². The second-order valence-electron chi connectivity index (χ2n) is 7.52. The third-order valence-electron chi connectivity index (χ3n) is 5.66. The van der Waals surface area contributed by atoms with Crippen LogP contribution in [0.15, 0.2) is 42.5 Å².